The summed E-state index contributed by atoms with van der Waals surface area (Å²) in [5.74, 6) is 0.476. The molecule has 28 heavy (non-hydrogen) atoms. The van der Waals surface area contributed by atoms with Crippen molar-refractivity contribution in [3.63, 3.8) is 0 Å². The van der Waals surface area contributed by atoms with E-state index in [9.17, 15) is 0 Å². The molecule has 0 saturated heterocycles. The first-order valence-electron chi connectivity index (χ1n) is 9.59. The van der Waals surface area contributed by atoms with E-state index < -0.39 is 14.3 Å². The van der Waals surface area contributed by atoms with Crippen molar-refractivity contribution in [3.8, 4) is 0 Å². The third kappa shape index (κ3) is 4.47. The zero-order valence-corrected chi connectivity index (χ0v) is 21.3. The Morgan fingerprint density at radius 2 is 1.29 bits per heavy atom. The van der Waals surface area contributed by atoms with Crippen LogP contribution in [-0.2, 0) is 21.7 Å². The van der Waals surface area contributed by atoms with Crippen molar-refractivity contribution in [1.82, 2.24) is 0 Å². The average Bonchev–Trinajstić information content (AvgIpc) is 3.10. The van der Waals surface area contributed by atoms with E-state index in [-0.39, 0.29) is 26.9 Å². The van der Waals surface area contributed by atoms with Crippen molar-refractivity contribution in [2.45, 2.75) is 29.7 Å². The van der Waals surface area contributed by atoms with Crippen molar-refractivity contribution >= 4 is 38.5 Å². The van der Waals surface area contributed by atoms with E-state index >= 15 is 0 Å². The molecule has 0 aromatic heterocycles. The molecule has 3 aromatic rings. The molecule has 0 nitrogen and oxygen atoms in total. The predicted molar refractivity (Wildman–Crippen MR) is 124 cm³/mol. The van der Waals surface area contributed by atoms with Gasteiger partial charge >= 0.3 is 170 Å². The van der Waals surface area contributed by atoms with Crippen LogP contribution in [0.2, 0.25) is 4.75 Å². The van der Waals surface area contributed by atoms with E-state index in [1.54, 1.807) is 8.79 Å². The Morgan fingerprint density at radius 3 is 1.82 bits per heavy atom. The smallest absolute Gasteiger partial charge is 0 e. The van der Waals surface area contributed by atoms with E-state index in [0.29, 0.717) is 10.7 Å². The molecule has 0 bridgehead atoms. The Labute approximate surface area is 191 Å². The van der Waals surface area contributed by atoms with Crippen molar-refractivity contribution in [2.75, 3.05) is 0 Å². The second-order valence-corrected chi connectivity index (χ2v) is 14.9. The molecule has 139 valence electrons. The van der Waals surface area contributed by atoms with Gasteiger partial charge in [0.25, 0.3) is 0 Å². The first-order chi connectivity index (χ1) is 13.1. The quantitative estimate of drug-likeness (QED) is 0.353. The predicted octanol–water partition coefficient (Wildman–Crippen LogP) is 5.13. The van der Waals surface area contributed by atoms with Crippen LogP contribution in [-0.4, -0.2) is 19.5 Å². The van der Waals surface area contributed by atoms with E-state index in [1.807, 2.05) is 0 Å². The second-order valence-electron chi connectivity index (χ2n) is 7.96. The zero-order chi connectivity index (χ0) is 18.9. The summed E-state index contributed by atoms with van der Waals surface area (Å²) in [6.07, 6.45) is 4.79. The Bertz CT molecular complexity index is 892. The van der Waals surface area contributed by atoms with Gasteiger partial charge < -0.3 is 0 Å². The van der Waals surface area contributed by atoms with Gasteiger partial charge in [0.2, 0.25) is 0 Å². The maximum absolute atomic E-state index is 3.18. The molecule has 0 spiro atoms. The summed E-state index contributed by atoms with van der Waals surface area (Å²) in [6.45, 7) is 4.80. The molecule has 0 heterocycles. The van der Waals surface area contributed by atoms with Gasteiger partial charge in [-0.05, 0) is 0 Å². The van der Waals surface area contributed by atoms with Gasteiger partial charge in [-0.2, -0.15) is 0 Å². The fraction of sp³-hybridized carbons (Fsp3) is 0.200. The topological polar surface area (TPSA) is 0 Å². The largest absolute Gasteiger partial charge is 0 e. The minimum Gasteiger partial charge on any atom is 0 e. The van der Waals surface area contributed by atoms with Gasteiger partial charge in [-0.25, -0.2) is 0 Å². The van der Waals surface area contributed by atoms with E-state index in [1.165, 1.54) is 11.1 Å². The van der Waals surface area contributed by atoms with Crippen LogP contribution in [0, 0.1) is 0 Å². The molecule has 3 heteroatoms. The molecule has 0 amide bonds. The third-order valence-corrected chi connectivity index (χ3v) is 14.2. The van der Waals surface area contributed by atoms with Crippen LogP contribution in [0.5, 0.6) is 0 Å². The normalized spacial score (nSPS) is 16.5. The van der Waals surface area contributed by atoms with Gasteiger partial charge in [-0.3, -0.25) is 0 Å². The summed E-state index contributed by atoms with van der Waals surface area (Å²) in [5.41, 5.74) is 2.88. The third-order valence-electron chi connectivity index (χ3n) is 5.48. The fourth-order valence-corrected chi connectivity index (χ4v) is 12.9. The minimum atomic E-state index is -1.84. The number of benzene rings is 3. The SMILES string of the molecule is CC(C)(P)[CH](C1C=Cc2ccccc21)[Ge]([c]1ccccc1)[c]1ccccc1.[Ti]. The first-order valence-corrected chi connectivity index (χ1v) is 13.5. The van der Waals surface area contributed by atoms with E-state index in [2.05, 4.69) is 120 Å². The van der Waals surface area contributed by atoms with Gasteiger partial charge in [0.1, 0.15) is 0 Å². The summed E-state index contributed by atoms with van der Waals surface area (Å²) >= 11 is -1.84. The summed E-state index contributed by atoms with van der Waals surface area (Å²) < 4.78 is 3.70. The summed E-state index contributed by atoms with van der Waals surface area (Å²) in [4.78, 5) is 0. The Hall–Kier alpha value is -0.913. The van der Waals surface area contributed by atoms with Gasteiger partial charge in [0.05, 0.1) is 0 Å². The number of allylic oxidation sites excluding steroid dienone is 1. The molecule has 4 rings (SSSR count). The minimum absolute atomic E-state index is 0. The molecular weight excluding hydrogens is 452 g/mol. The van der Waals surface area contributed by atoms with E-state index in [4.69, 9.17) is 0 Å². The standard InChI is InChI=1S/C25H26GeP.Ti/c1-25(2,27)24(23-18-17-19-11-9-10-16-22(19)23)26(20-12-5-3-6-13-20)21-14-7-4-8-15-21;/h3-18,23-24H,27H2,1-2H3;. The molecule has 0 fully saturated rings. The molecule has 1 aliphatic carbocycles. The summed E-state index contributed by atoms with van der Waals surface area (Å²) in [7, 11) is 3.18. The van der Waals surface area contributed by atoms with Gasteiger partial charge in [-0.15, -0.1) is 0 Å². The van der Waals surface area contributed by atoms with Crippen LogP contribution in [0.15, 0.2) is 91.0 Å². The van der Waals surface area contributed by atoms with Gasteiger partial charge in [0, 0.05) is 21.7 Å². The Balaban J connectivity index is 0.00000225. The zero-order valence-electron chi connectivity index (χ0n) is 16.5. The van der Waals surface area contributed by atoms with Crippen molar-refractivity contribution in [2.24, 2.45) is 0 Å². The summed E-state index contributed by atoms with van der Waals surface area (Å²) in [5, 5.41) is 0.146. The molecule has 3 atom stereocenters. The Morgan fingerprint density at radius 1 is 0.786 bits per heavy atom. The number of fused-ring (bicyclic) bond motifs is 1. The molecule has 0 saturated carbocycles. The fourth-order valence-electron chi connectivity index (χ4n) is 4.34. The second kappa shape index (κ2) is 9.27. The van der Waals surface area contributed by atoms with E-state index in [0.717, 1.165) is 0 Å². The van der Waals surface area contributed by atoms with Gasteiger partial charge in [0.15, 0.2) is 0 Å². The molecule has 0 N–H and O–H groups in total. The van der Waals surface area contributed by atoms with Crippen LogP contribution in [0.25, 0.3) is 6.08 Å². The van der Waals surface area contributed by atoms with Crippen molar-refractivity contribution in [3.05, 3.63) is 102 Å². The van der Waals surface area contributed by atoms with Crippen molar-refractivity contribution in [1.29, 1.82) is 0 Å². The summed E-state index contributed by atoms with van der Waals surface area (Å²) in [6, 6.07) is 31.4. The number of hydrogen-bond donors (Lipinski definition) is 0. The molecule has 0 aliphatic heterocycles. The molecule has 3 aromatic carbocycles. The van der Waals surface area contributed by atoms with Crippen LogP contribution in [0.3, 0.4) is 0 Å². The van der Waals surface area contributed by atoms with Gasteiger partial charge in [-0.1, -0.05) is 0 Å². The van der Waals surface area contributed by atoms with Crippen LogP contribution < -0.4 is 8.79 Å². The first kappa shape index (κ1) is 21.8. The monoisotopic (exact) mass is 479 g/mol. The number of hydrogen-bond acceptors (Lipinski definition) is 0. The maximum Gasteiger partial charge on any atom is 0 e. The van der Waals surface area contributed by atoms with Crippen LogP contribution in [0.1, 0.15) is 30.9 Å². The Kier molecular flexibility index (Phi) is 7.21. The van der Waals surface area contributed by atoms with Crippen LogP contribution >= 0.6 is 9.24 Å². The molecule has 3 unspecified atom stereocenters. The number of rotatable bonds is 5. The van der Waals surface area contributed by atoms with Crippen molar-refractivity contribution < 1.29 is 21.7 Å². The average molecular weight is 478 g/mol. The molecule has 1 radical (unpaired) electrons. The molecular formula is C25H26GePTi. The van der Waals surface area contributed by atoms with Crippen LogP contribution in [0.4, 0.5) is 0 Å². The molecule has 1 aliphatic rings. The maximum atomic E-state index is 3.18.